The van der Waals surface area contributed by atoms with Crippen LogP contribution in [0.15, 0.2) is 35.3 Å². The number of nitrogens with two attached hydrogens (primary N) is 1. The molecule has 2 aliphatic heterocycles. The van der Waals surface area contributed by atoms with Crippen molar-refractivity contribution in [2.75, 3.05) is 39.4 Å². The number of nitrogens with zero attached hydrogens (tertiary/aromatic N) is 2. The Hall–Kier alpha value is -1.59. The highest BCUT2D eigenvalue weighted by Gasteiger charge is 2.39. The van der Waals surface area contributed by atoms with Gasteiger partial charge in [0.15, 0.2) is 5.96 Å². The van der Waals surface area contributed by atoms with Crippen LogP contribution in [0.5, 0.6) is 0 Å². The molecule has 0 aromatic heterocycles. The van der Waals surface area contributed by atoms with E-state index in [0.717, 1.165) is 45.6 Å². The molecule has 1 aromatic rings. The van der Waals surface area contributed by atoms with E-state index < -0.39 is 0 Å². The van der Waals surface area contributed by atoms with Gasteiger partial charge >= 0.3 is 0 Å². The Morgan fingerprint density at radius 1 is 1.17 bits per heavy atom. The van der Waals surface area contributed by atoms with Crippen LogP contribution in [-0.2, 0) is 11.2 Å². The highest BCUT2D eigenvalue weighted by atomic mass is 16.5. The van der Waals surface area contributed by atoms with Crippen LogP contribution in [0.4, 0.5) is 0 Å². The van der Waals surface area contributed by atoms with Crippen LogP contribution in [-0.4, -0.2) is 55.8 Å². The van der Waals surface area contributed by atoms with E-state index in [-0.39, 0.29) is 5.54 Å². The summed E-state index contributed by atoms with van der Waals surface area (Å²) in [6, 6.07) is 10.5. The van der Waals surface area contributed by atoms with E-state index in [1.807, 2.05) is 6.07 Å². The largest absolute Gasteiger partial charge is 0.381 e. The van der Waals surface area contributed by atoms with Gasteiger partial charge in [-0.05, 0) is 50.8 Å². The summed E-state index contributed by atoms with van der Waals surface area (Å²) in [6.07, 6.45) is 5.69. The predicted octanol–water partition coefficient (Wildman–Crippen LogP) is 1.78. The van der Waals surface area contributed by atoms with Crippen molar-refractivity contribution >= 4 is 5.96 Å². The molecule has 2 heterocycles. The van der Waals surface area contributed by atoms with Crippen molar-refractivity contribution in [2.24, 2.45) is 10.7 Å². The summed E-state index contributed by atoms with van der Waals surface area (Å²) < 4.78 is 5.58. The van der Waals surface area contributed by atoms with Gasteiger partial charge in [-0.15, -0.1) is 0 Å². The molecule has 1 aromatic carbocycles. The third kappa shape index (κ3) is 4.48. The normalized spacial score (nSPS) is 21.8. The Balaban J connectivity index is 1.51. The maximum absolute atomic E-state index is 6.10. The molecule has 3 rings (SSSR count). The molecule has 0 atom stereocenters. The number of aliphatic imine (C=N–C) groups is 1. The van der Waals surface area contributed by atoms with Gasteiger partial charge in [0.2, 0.25) is 0 Å². The minimum absolute atomic E-state index is 0.153. The Bertz CT molecular complexity index is 519. The lowest BCUT2D eigenvalue weighted by molar-refractivity contribution is -0.0138. The molecule has 2 aliphatic rings. The molecule has 0 saturated carbocycles. The highest BCUT2D eigenvalue weighted by Crippen LogP contribution is 2.31. The number of nitrogens with one attached hydrogen (secondary N) is 1. The second kappa shape index (κ2) is 8.49. The molecule has 2 fully saturated rings. The van der Waals surface area contributed by atoms with Gasteiger partial charge in [0.1, 0.15) is 0 Å². The zero-order chi connectivity index (χ0) is 16.7. The quantitative estimate of drug-likeness (QED) is 0.616. The SMILES string of the molecule is NC(=NCC1(N2CCCC2)CCOCC1)NCCc1ccccc1. The number of rotatable bonds is 6. The van der Waals surface area contributed by atoms with E-state index in [1.54, 1.807) is 0 Å². The van der Waals surface area contributed by atoms with Crippen molar-refractivity contribution in [3.8, 4) is 0 Å². The van der Waals surface area contributed by atoms with Gasteiger partial charge in [0.25, 0.3) is 0 Å². The van der Waals surface area contributed by atoms with Gasteiger partial charge in [-0.3, -0.25) is 9.89 Å². The summed E-state index contributed by atoms with van der Waals surface area (Å²) in [5.74, 6) is 0.566. The zero-order valence-corrected chi connectivity index (χ0v) is 14.5. The van der Waals surface area contributed by atoms with E-state index in [2.05, 4.69) is 39.5 Å². The number of guanidine groups is 1. The fourth-order valence-electron chi connectivity index (χ4n) is 3.78. The first-order valence-electron chi connectivity index (χ1n) is 9.19. The molecule has 3 N–H and O–H groups in total. The van der Waals surface area contributed by atoms with Crippen LogP contribution in [0.1, 0.15) is 31.2 Å². The molecule has 5 heteroatoms. The molecule has 24 heavy (non-hydrogen) atoms. The topological polar surface area (TPSA) is 62.9 Å². The molecule has 0 aliphatic carbocycles. The lowest BCUT2D eigenvalue weighted by Gasteiger charge is -2.43. The number of hydrogen-bond donors (Lipinski definition) is 2. The fraction of sp³-hybridized carbons (Fsp3) is 0.632. The van der Waals surface area contributed by atoms with Gasteiger partial charge in [-0.1, -0.05) is 30.3 Å². The van der Waals surface area contributed by atoms with Crippen LogP contribution in [0, 0.1) is 0 Å². The summed E-state index contributed by atoms with van der Waals surface area (Å²) in [6.45, 7) is 5.66. The van der Waals surface area contributed by atoms with Crippen LogP contribution in [0.25, 0.3) is 0 Å². The molecular formula is C19H30N4O. The zero-order valence-electron chi connectivity index (χ0n) is 14.5. The maximum atomic E-state index is 6.10. The second-order valence-electron chi connectivity index (χ2n) is 6.89. The van der Waals surface area contributed by atoms with Gasteiger partial charge in [-0.2, -0.15) is 0 Å². The van der Waals surface area contributed by atoms with Crippen molar-refractivity contribution in [1.29, 1.82) is 0 Å². The average molecular weight is 330 g/mol. The van der Waals surface area contributed by atoms with Gasteiger partial charge in [-0.25, -0.2) is 0 Å². The van der Waals surface area contributed by atoms with E-state index in [1.165, 1.54) is 31.5 Å². The van der Waals surface area contributed by atoms with Crippen molar-refractivity contribution < 1.29 is 4.74 Å². The predicted molar refractivity (Wildman–Crippen MR) is 98.2 cm³/mol. The lowest BCUT2D eigenvalue weighted by Crippen LogP contribution is -2.53. The molecule has 0 spiro atoms. The average Bonchev–Trinajstić information content (AvgIpc) is 3.17. The maximum Gasteiger partial charge on any atom is 0.188 e. The summed E-state index contributed by atoms with van der Waals surface area (Å²) in [4.78, 5) is 7.30. The van der Waals surface area contributed by atoms with E-state index in [9.17, 15) is 0 Å². The summed E-state index contributed by atoms with van der Waals surface area (Å²) >= 11 is 0. The van der Waals surface area contributed by atoms with Crippen LogP contribution in [0.2, 0.25) is 0 Å². The first kappa shape index (κ1) is 17.2. The number of ether oxygens (including phenoxy) is 1. The van der Waals surface area contributed by atoms with Crippen molar-refractivity contribution in [3.05, 3.63) is 35.9 Å². The van der Waals surface area contributed by atoms with Gasteiger partial charge < -0.3 is 15.8 Å². The second-order valence-corrected chi connectivity index (χ2v) is 6.89. The first-order valence-corrected chi connectivity index (χ1v) is 9.19. The minimum Gasteiger partial charge on any atom is -0.381 e. The number of likely N-dealkylation sites (tertiary alicyclic amines) is 1. The fourth-order valence-corrected chi connectivity index (χ4v) is 3.78. The molecular weight excluding hydrogens is 300 g/mol. The van der Waals surface area contributed by atoms with Crippen molar-refractivity contribution in [1.82, 2.24) is 10.2 Å². The summed E-state index contributed by atoms with van der Waals surface area (Å²) in [5.41, 5.74) is 7.57. The van der Waals surface area contributed by atoms with Crippen LogP contribution >= 0.6 is 0 Å². The smallest absolute Gasteiger partial charge is 0.188 e. The Morgan fingerprint density at radius 3 is 2.58 bits per heavy atom. The summed E-state index contributed by atoms with van der Waals surface area (Å²) in [5, 5.41) is 3.26. The van der Waals surface area contributed by atoms with Crippen molar-refractivity contribution in [2.45, 2.75) is 37.6 Å². The van der Waals surface area contributed by atoms with Gasteiger partial charge in [0, 0.05) is 25.3 Å². The number of benzene rings is 1. The van der Waals surface area contributed by atoms with Gasteiger partial charge in [0.05, 0.1) is 6.54 Å². The molecule has 132 valence electrons. The molecule has 0 unspecified atom stereocenters. The molecule has 5 nitrogen and oxygen atoms in total. The minimum atomic E-state index is 0.153. The Kier molecular flexibility index (Phi) is 6.10. The van der Waals surface area contributed by atoms with E-state index in [0.29, 0.717) is 5.96 Å². The molecule has 0 amide bonds. The van der Waals surface area contributed by atoms with E-state index in [4.69, 9.17) is 10.5 Å². The lowest BCUT2D eigenvalue weighted by atomic mass is 9.88. The van der Waals surface area contributed by atoms with Crippen LogP contribution < -0.4 is 11.1 Å². The van der Waals surface area contributed by atoms with Crippen molar-refractivity contribution in [3.63, 3.8) is 0 Å². The monoisotopic (exact) mass is 330 g/mol. The molecule has 0 bridgehead atoms. The standard InChI is InChI=1S/C19H30N4O/c20-18(21-11-8-17-6-2-1-3-7-17)22-16-19(9-14-24-15-10-19)23-12-4-5-13-23/h1-3,6-7H,4-5,8-16H2,(H3,20,21,22). The third-order valence-electron chi connectivity index (χ3n) is 5.31. The Labute approximate surface area is 145 Å². The number of hydrogen-bond acceptors (Lipinski definition) is 3. The third-order valence-corrected chi connectivity index (χ3v) is 5.31. The summed E-state index contributed by atoms with van der Waals surface area (Å²) in [7, 11) is 0. The molecule has 0 radical (unpaired) electrons. The highest BCUT2D eigenvalue weighted by molar-refractivity contribution is 5.77. The van der Waals surface area contributed by atoms with E-state index >= 15 is 0 Å². The first-order chi connectivity index (χ1) is 11.8. The Morgan fingerprint density at radius 2 is 1.88 bits per heavy atom. The molecule has 2 saturated heterocycles. The van der Waals surface area contributed by atoms with Crippen LogP contribution in [0.3, 0.4) is 0 Å².